The molecule has 0 spiro atoms. The fraction of sp³-hybridized carbons (Fsp3) is 0.545. The fourth-order valence-corrected chi connectivity index (χ4v) is 1.28. The Hall–Kier alpha value is -1.60. The molecule has 0 aromatic carbocycles. The largest absolute Gasteiger partial charge is 0.390 e. The van der Waals surface area contributed by atoms with E-state index in [1.165, 1.54) is 0 Å². The molecule has 0 radical (unpaired) electrons. The number of aromatic nitrogens is 1. The number of hydrogen-bond acceptors (Lipinski definition) is 3. The number of nitrogens with zero attached hydrogens (tertiary/aromatic N) is 1. The van der Waals surface area contributed by atoms with Gasteiger partial charge in [-0.15, -0.1) is 0 Å². The minimum absolute atomic E-state index is 0.183. The van der Waals surface area contributed by atoms with Gasteiger partial charge in [0.2, 0.25) is 0 Å². The Kier molecular flexibility index (Phi) is 5.31. The standard InChI is InChI=1S/C11H14F5N3/c1-2-4-17-9-7(12)6-8(13)10(19-9)18-5-3-11(14,15)16/h6H,2-5H2,1H3,(H2,17,18,19). The molecule has 2 N–H and O–H groups in total. The number of nitrogens with one attached hydrogen (secondary N) is 2. The lowest BCUT2D eigenvalue weighted by atomic mass is 10.3. The molecule has 1 aromatic rings. The first-order chi connectivity index (χ1) is 8.83. The van der Waals surface area contributed by atoms with Gasteiger partial charge in [0.05, 0.1) is 6.42 Å². The summed E-state index contributed by atoms with van der Waals surface area (Å²) in [5.74, 6) is -2.49. The average molecular weight is 283 g/mol. The van der Waals surface area contributed by atoms with Crippen LogP contribution in [0.3, 0.4) is 0 Å². The summed E-state index contributed by atoms with van der Waals surface area (Å²) >= 11 is 0. The van der Waals surface area contributed by atoms with Crippen molar-refractivity contribution >= 4 is 11.6 Å². The van der Waals surface area contributed by atoms with Crippen LogP contribution in [0.1, 0.15) is 19.8 Å². The number of alkyl halides is 3. The lowest BCUT2D eigenvalue weighted by molar-refractivity contribution is -0.131. The molecule has 3 nitrogen and oxygen atoms in total. The zero-order chi connectivity index (χ0) is 14.5. The molecule has 1 rings (SSSR count). The van der Waals surface area contributed by atoms with Crippen LogP contribution in [-0.4, -0.2) is 24.2 Å². The Bertz CT molecular complexity index is 420. The van der Waals surface area contributed by atoms with Crippen LogP contribution in [0.2, 0.25) is 0 Å². The van der Waals surface area contributed by atoms with Crippen molar-refractivity contribution in [1.29, 1.82) is 0 Å². The van der Waals surface area contributed by atoms with E-state index in [4.69, 9.17) is 0 Å². The summed E-state index contributed by atoms with van der Waals surface area (Å²) in [5, 5.41) is 4.82. The molecule has 0 bridgehead atoms. The number of rotatable bonds is 6. The lowest BCUT2D eigenvalue weighted by Crippen LogP contribution is -2.16. The molecule has 0 aliphatic heterocycles. The van der Waals surface area contributed by atoms with Crippen LogP contribution in [0.15, 0.2) is 6.07 Å². The maximum absolute atomic E-state index is 13.3. The normalized spacial score (nSPS) is 11.5. The highest BCUT2D eigenvalue weighted by Crippen LogP contribution is 2.22. The van der Waals surface area contributed by atoms with E-state index in [1.54, 1.807) is 0 Å². The molecule has 0 fully saturated rings. The van der Waals surface area contributed by atoms with E-state index < -0.39 is 36.6 Å². The fourth-order valence-electron chi connectivity index (χ4n) is 1.28. The number of pyridine rings is 1. The summed E-state index contributed by atoms with van der Waals surface area (Å²) in [6.07, 6.45) is -4.76. The second-order valence-corrected chi connectivity index (χ2v) is 3.87. The predicted molar refractivity (Wildman–Crippen MR) is 62.1 cm³/mol. The molecule has 0 atom stereocenters. The maximum Gasteiger partial charge on any atom is 0.390 e. The first-order valence-corrected chi connectivity index (χ1v) is 5.74. The van der Waals surface area contributed by atoms with Crippen LogP contribution in [0.4, 0.5) is 33.6 Å². The summed E-state index contributed by atoms with van der Waals surface area (Å²) in [4.78, 5) is 3.59. The molecule has 0 saturated heterocycles. The molecule has 0 unspecified atom stereocenters. The van der Waals surface area contributed by atoms with Crippen molar-refractivity contribution in [1.82, 2.24) is 4.98 Å². The van der Waals surface area contributed by atoms with E-state index in [0.29, 0.717) is 19.0 Å². The van der Waals surface area contributed by atoms with Crippen molar-refractivity contribution in [2.24, 2.45) is 0 Å². The van der Waals surface area contributed by atoms with E-state index in [9.17, 15) is 22.0 Å². The van der Waals surface area contributed by atoms with Crippen molar-refractivity contribution in [2.75, 3.05) is 23.7 Å². The number of anilines is 2. The van der Waals surface area contributed by atoms with Crippen molar-refractivity contribution in [3.05, 3.63) is 17.7 Å². The van der Waals surface area contributed by atoms with Crippen molar-refractivity contribution < 1.29 is 22.0 Å². The minimum atomic E-state index is -4.34. The molecule has 19 heavy (non-hydrogen) atoms. The Balaban J connectivity index is 2.71. The molecular formula is C11H14F5N3. The average Bonchev–Trinajstić information content (AvgIpc) is 2.29. The van der Waals surface area contributed by atoms with Gasteiger partial charge in [-0.2, -0.15) is 13.2 Å². The first-order valence-electron chi connectivity index (χ1n) is 5.74. The molecule has 108 valence electrons. The molecule has 0 aliphatic carbocycles. The molecule has 1 heterocycles. The van der Waals surface area contributed by atoms with Crippen LogP contribution < -0.4 is 10.6 Å². The molecule has 0 saturated carbocycles. The monoisotopic (exact) mass is 283 g/mol. The third-order valence-electron chi connectivity index (χ3n) is 2.17. The molecule has 8 heteroatoms. The second kappa shape index (κ2) is 6.53. The number of halogens is 5. The maximum atomic E-state index is 13.3. The van der Waals surface area contributed by atoms with Gasteiger partial charge in [-0.3, -0.25) is 0 Å². The summed E-state index contributed by atoms with van der Waals surface area (Å²) in [5.41, 5.74) is 0. The third kappa shape index (κ3) is 5.27. The van der Waals surface area contributed by atoms with E-state index in [2.05, 4.69) is 15.6 Å². The summed E-state index contributed by atoms with van der Waals surface area (Å²) in [6, 6.07) is 0.584. The van der Waals surface area contributed by atoms with Gasteiger partial charge in [0.15, 0.2) is 23.3 Å². The Labute approximate surface area is 107 Å². The topological polar surface area (TPSA) is 37.0 Å². The van der Waals surface area contributed by atoms with Gasteiger partial charge in [-0.05, 0) is 6.42 Å². The van der Waals surface area contributed by atoms with Gasteiger partial charge < -0.3 is 10.6 Å². The summed E-state index contributed by atoms with van der Waals surface area (Å²) < 4.78 is 62.4. The second-order valence-electron chi connectivity index (χ2n) is 3.87. The lowest BCUT2D eigenvalue weighted by Gasteiger charge is -2.11. The Morgan fingerprint density at radius 2 is 1.58 bits per heavy atom. The highest BCUT2D eigenvalue weighted by Gasteiger charge is 2.26. The van der Waals surface area contributed by atoms with Crippen LogP contribution in [0, 0.1) is 11.6 Å². The van der Waals surface area contributed by atoms with E-state index in [1.807, 2.05) is 6.92 Å². The van der Waals surface area contributed by atoms with Gasteiger partial charge in [0, 0.05) is 19.2 Å². The molecule has 0 amide bonds. The first kappa shape index (κ1) is 15.5. The predicted octanol–water partition coefficient (Wildman–Crippen LogP) is 3.55. The molecule has 0 aliphatic rings. The third-order valence-corrected chi connectivity index (χ3v) is 2.17. The van der Waals surface area contributed by atoms with E-state index in [-0.39, 0.29) is 5.82 Å². The molecule has 1 aromatic heterocycles. The Morgan fingerprint density at radius 1 is 1.05 bits per heavy atom. The summed E-state index contributed by atoms with van der Waals surface area (Å²) in [6.45, 7) is 1.75. The SMILES string of the molecule is CCCNc1nc(NCCC(F)(F)F)c(F)cc1F. The van der Waals surface area contributed by atoms with Crippen molar-refractivity contribution in [3.8, 4) is 0 Å². The Morgan fingerprint density at radius 3 is 2.05 bits per heavy atom. The highest BCUT2D eigenvalue weighted by atomic mass is 19.4. The van der Waals surface area contributed by atoms with Crippen LogP contribution >= 0.6 is 0 Å². The van der Waals surface area contributed by atoms with Gasteiger partial charge in [-0.25, -0.2) is 13.8 Å². The highest BCUT2D eigenvalue weighted by molar-refractivity contribution is 5.47. The van der Waals surface area contributed by atoms with E-state index in [0.717, 1.165) is 0 Å². The zero-order valence-corrected chi connectivity index (χ0v) is 10.2. The van der Waals surface area contributed by atoms with E-state index >= 15 is 0 Å². The number of hydrogen-bond donors (Lipinski definition) is 2. The van der Waals surface area contributed by atoms with Gasteiger partial charge in [0.1, 0.15) is 0 Å². The van der Waals surface area contributed by atoms with Crippen molar-refractivity contribution in [3.63, 3.8) is 0 Å². The smallest absolute Gasteiger partial charge is 0.368 e. The van der Waals surface area contributed by atoms with Crippen LogP contribution in [0.25, 0.3) is 0 Å². The minimum Gasteiger partial charge on any atom is -0.368 e. The molecular weight excluding hydrogens is 269 g/mol. The van der Waals surface area contributed by atoms with Gasteiger partial charge in [0.25, 0.3) is 0 Å². The van der Waals surface area contributed by atoms with Crippen LogP contribution in [0.5, 0.6) is 0 Å². The zero-order valence-electron chi connectivity index (χ0n) is 10.2. The van der Waals surface area contributed by atoms with Crippen molar-refractivity contribution in [2.45, 2.75) is 25.9 Å². The summed E-state index contributed by atoms with van der Waals surface area (Å²) in [7, 11) is 0. The quantitative estimate of drug-likeness (QED) is 0.784. The van der Waals surface area contributed by atoms with Gasteiger partial charge in [-0.1, -0.05) is 6.92 Å². The van der Waals surface area contributed by atoms with Gasteiger partial charge >= 0.3 is 6.18 Å². The van der Waals surface area contributed by atoms with Crippen LogP contribution in [-0.2, 0) is 0 Å².